The number of rotatable bonds is 5. The van der Waals surface area contributed by atoms with Crippen LogP contribution in [0.5, 0.6) is 17.2 Å². The predicted octanol–water partition coefficient (Wildman–Crippen LogP) is 1.09. The topological polar surface area (TPSA) is 73.9 Å². The van der Waals surface area contributed by atoms with Crippen molar-refractivity contribution < 1.29 is 19.3 Å². The summed E-state index contributed by atoms with van der Waals surface area (Å²) in [5, 5.41) is 9.53. The number of nitrogens with two attached hydrogens (primary N) is 1. The molecule has 0 aliphatic heterocycles. The third kappa shape index (κ3) is 2.81. The highest BCUT2D eigenvalue weighted by molar-refractivity contribution is 5.52. The third-order valence-electron chi connectivity index (χ3n) is 2.61. The number of aliphatic hydroxyl groups is 1. The molecule has 0 aromatic heterocycles. The summed E-state index contributed by atoms with van der Waals surface area (Å²) in [6, 6.07) is 2.87. The molecule has 0 bridgehead atoms. The molecule has 0 saturated carbocycles. The first-order valence-corrected chi connectivity index (χ1v) is 5.28. The smallest absolute Gasteiger partial charge is 0.164 e. The van der Waals surface area contributed by atoms with Crippen molar-refractivity contribution in [3.8, 4) is 17.2 Å². The zero-order valence-electron chi connectivity index (χ0n) is 10.6. The number of methoxy groups -OCH3 is 3. The number of ether oxygens (including phenoxy) is 3. The Morgan fingerprint density at radius 3 is 1.88 bits per heavy atom. The Kier molecular flexibility index (Phi) is 4.60. The van der Waals surface area contributed by atoms with Gasteiger partial charge in [0.25, 0.3) is 0 Å². The minimum absolute atomic E-state index is 0.537. The standard InChI is InChI=1S/C12H19NO4/c1-7(14)12(13)8-5-10(16-3)11(17-4)6-9(8)15-2/h5-7,12,14H,13H2,1-4H3/t7-,12-/m1/s1. The molecular weight excluding hydrogens is 222 g/mol. The van der Waals surface area contributed by atoms with Gasteiger partial charge in [0.1, 0.15) is 5.75 Å². The predicted molar refractivity (Wildman–Crippen MR) is 64.7 cm³/mol. The second kappa shape index (κ2) is 5.75. The van der Waals surface area contributed by atoms with E-state index in [1.807, 2.05) is 0 Å². The van der Waals surface area contributed by atoms with Gasteiger partial charge in [0, 0.05) is 11.6 Å². The third-order valence-corrected chi connectivity index (χ3v) is 2.61. The molecule has 5 nitrogen and oxygen atoms in total. The van der Waals surface area contributed by atoms with E-state index in [1.165, 1.54) is 0 Å². The van der Waals surface area contributed by atoms with Crippen LogP contribution in [0.1, 0.15) is 18.5 Å². The Hall–Kier alpha value is -1.46. The maximum absolute atomic E-state index is 9.53. The Morgan fingerprint density at radius 1 is 1.00 bits per heavy atom. The van der Waals surface area contributed by atoms with Crippen LogP contribution in [0.15, 0.2) is 12.1 Å². The Morgan fingerprint density at radius 2 is 1.47 bits per heavy atom. The van der Waals surface area contributed by atoms with Crippen LogP contribution in [0.4, 0.5) is 0 Å². The molecule has 0 amide bonds. The van der Waals surface area contributed by atoms with E-state index in [9.17, 15) is 5.11 Å². The quantitative estimate of drug-likeness (QED) is 0.807. The van der Waals surface area contributed by atoms with Crippen LogP contribution in [-0.2, 0) is 0 Å². The molecule has 3 N–H and O–H groups in total. The summed E-state index contributed by atoms with van der Waals surface area (Å²) in [4.78, 5) is 0. The van der Waals surface area contributed by atoms with Crippen LogP contribution >= 0.6 is 0 Å². The van der Waals surface area contributed by atoms with E-state index in [1.54, 1.807) is 40.4 Å². The van der Waals surface area contributed by atoms with Gasteiger partial charge in [-0.25, -0.2) is 0 Å². The molecule has 5 heteroatoms. The summed E-state index contributed by atoms with van der Waals surface area (Å²) in [6.45, 7) is 1.63. The van der Waals surface area contributed by atoms with Gasteiger partial charge >= 0.3 is 0 Å². The molecule has 0 aliphatic rings. The lowest BCUT2D eigenvalue weighted by Crippen LogP contribution is -2.23. The number of benzene rings is 1. The summed E-state index contributed by atoms with van der Waals surface area (Å²) in [6.07, 6.45) is -0.679. The largest absolute Gasteiger partial charge is 0.496 e. The van der Waals surface area contributed by atoms with Gasteiger partial charge in [-0.1, -0.05) is 0 Å². The molecule has 1 aromatic rings. The molecule has 1 aromatic carbocycles. The molecule has 2 atom stereocenters. The zero-order valence-corrected chi connectivity index (χ0v) is 10.6. The summed E-state index contributed by atoms with van der Waals surface area (Å²) in [5.41, 5.74) is 6.58. The van der Waals surface area contributed by atoms with Crippen LogP contribution in [0.2, 0.25) is 0 Å². The monoisotopic (exact) mass is 241 g/mol. The van der Waals surface area contributed by atoms with Crippen molar-refractivity contribution in [2.45, 2.75) is 19.1 Å². The lowest BCUT2D eigenvalue weighted by molar-refractivity contribution is 0.162. The van der Waals surface area contributed by atoms with Gasteiger partial charge in [0.2, 0.25) is 0 Å². The van der Waals surface area contributed by atoms with E-state index >= 15 is 0 Å². The normalized spacial score (nSPS) is 14.0. The average Bonchev–Trinajstić information content (AvgIpc) is 2.35. The van der Waals surface area contributed by atoms with Crippen LogP contribution < -0.4 is 19.9 Å². The highest BCUT2D eigenvalue weighted by atomic mass is 16.5. The summed E-state index contributed by atoms with van der Waals surface area (Å²) < 4.78 is 15.6. The first kappa shape index (κ1) is 13.6. The van der Waals surface area contributed by atoms with Gasteiger partial charge in [-0.2, -0.15) is 0 Å². The Bertz CT molecular complexity index is 379. The maximum atomic E-state index is 9.53. The van der Waals surface area contributed by atoms with Crippen molar-refractivity contribution in [1.29, 1.82) is 0 Å². The van der Waals surface area contributed by atoms with Gasteiger partial charge in [0.05, 0.1) is 33.5 Å². The van der Waals surface area contributed by atoms with E-state index in [0.29, 0.717) is 22.8 Å². The van der Waals surface area contributed by atoms with E-state index in [4.69, 9.17) is 19.9 Å². The zero-order chi connectivity index (χ0) is 13.0. The number of hydrogen-bond donors (Lipinski definition) is 2. The lowest BCUT2D eigenvalue weighted by atomic mass is 10.0. The summed E-state index contributed by atoms with van der Waals surface area (Å²) >= 11 is 0. The molecule has 96 valence electrons. The molecule has 0 unspecified atom stereocenters. The fourth-order valence-electron chi connectivity index (χ4n) is 1.57. The van der Waals surface area contributed by atoms with Crippen molar-refractivity contribution in [3.05, 3.63) is 17.7 Å². The van der Waals surface area contributed by atoms with Crippen LogP contribution in [-0.4, -0.2) is 32.5 Å². The van der Waals surface area contributed by atoms with Gasteiger partial charge in [-0.05, 0) is 13.0 Å². The minimum Gasteiger partial charge on any atom is -0.496 e. The van der Waals surface area contributed by atoms with Crippen molar-refractivity contribution in [2.24, 2.45) is 5.73 Å². The molecule has 1 rings (SSSR count). The van der Waals surface area contributed by atoms with Crippen molar-refractivity contribution in [1.82, 2.24) is 0 Å². The summed E-state index contributed by atoms with van der Waals surface area (Å²) in [7, 11) is 4.63. The SMILES string of the molecule is COc1cc(OC)c([C@H](N)[C@@H](C)O)cc1OC. The lowest BCUT2D eigenvalue weighted by Gasteiger charge is -2.20. The number of hydrogen-bond acceptors (Lipinski definition) is 5. The molecule has 0 saturated heterocycles. The fourth-order valence-corrected chi connectivity index (χ4v) is 1.57. The van der Waals surface area contributed by atoms with E-state index in [-0.39, 0.29) is 0 Å². The van der Waals surface area contributed by atoms with Crippen LogP contribution in [0.3, 0.4) is 0 Å². The summed E-state index contributed by atoms with van der Waals surface area (Å²) in [5.74, 6) is 1.68. The Labute approximate surface area is 101 Å². The maximum Gasteiger partial charge on any atom is 0.164 e. The molecule has 0 fully saturated rings. The van der Waals surface area contributed by atoms with E-state index < -0.39 is 12.1 Å². The van der Waals surface area contributed by atoms with Crippen LogP contribution in [0.25, 0.3) is 0 Å². The minimum atomic E-state index is -0.679. The van der Waals surface area contributed by atoms with E-state index in [2.05, 4.69) is 0 Å². The highest BCUT2D eigenvalue weighted by Gasteiger charge is 2.20. The molecule has 0 radical (unpaired) electrons. The second-order valence-electron chi connectivity index (χ2n) is 3.72. The molecular formula is C12H19NO4. The van der Waals surface area contributed by atoms with Crippen molar-refractivity contribution >= 4 is 0 Å². The number of aliphatic hydroxyl groups excluding tert-OH is 1. The second-order valence-corrected chi connectivity index (χ2v) is 3.72. The van der Waals surface area contributed by atoms with Crippen molar-refractivity contribution in [2.75, 3.05) is 21.3 Å². The molecule has 17 heavy (non-hydrogen) atoms. The first-order valence-electron chi connectivity index (χ1n) is 5.28. The molecule has 0 aliphatic carbocycles. The van der Waals surface area contributed by atoms with Crippen LogP contribution in [0, 0.1) is 0 Å². The Balaban J connectivity index is 3.28. The van der Waals surface area contributed by atoms with Gasteiger partial charge < -0.3 is 25.1 Å². The molecule has 0 spiro atoms. The fraction of sp³-hybridized carbons (Fsp3) is 0.500. The van der Waals surface area contributed by atoms with Crippen molar-refractivity contribution in [3.63, 3.8) is 0 Å². The van der Waals surface area contributed by atoms with Gasteiger partial charge in [-0.3, -0.25) is 0 Å². The van der Waals surface area contributed by atoms with E-state index in [0.717, 1.165) is 0 Å². The first-order chi connectivity index (χ1) is 8.04. The molecule has 0 heterocycles. The average molecular weight is 241 g/mol. The van der Waals surface area contributed by atoms with Gasteiger partial charge in [0.15, 0.2) is 11.5 Å². The van der Waals surface area contributed by atoms with Gasteiger partial charge in [-0.15, -0.1) is 0 Å². The highest BCUT2D eigenvalue weighted by Crippen LogP contribution is 2.37.